The zero-order valence-corrected chi connectivity index (χ0v) is 23.6. The van der Waals surface area contributed by atoms with Crippen LogP contribution in [0.2, 0.25) is 10.0 Å². The van der Waals surface area contributed by atoms with Crippen molar-refractivity contribution in [1.82, 2.24) is 10.2 Å². The zero-order chi connectivity index (χ0) is 26.9. The van der Waals surface area contributed by atoms with Crippen molar-refractivity contribution >= 4 is 50.7 Å². The molecule has 0 aliphatic carbocycles. The van der Waals surface area contributed by atoms with Gasteiger partial charge in [-0.25, -0.2) is 8.42 Å². The fraction of sp³-hybridized carbons (Fsp3) is 0.462. The maximum Gasteiger partial charge on any atom is 0.242 e. The monoisotopic (exact) mass is 555 g/mol. The fourth-order valence-electron chi connectivity index (χ4n) is 3.95. The number of aryl methyl sites for hydroxylation is 1. The number of nitrogens with one attached hydrogen (secondary N) is 1. The quantitative estimate of drug-likeness (QED) is 0.368. The van der Waals surface area contributed by atoms with Gasteiger partial charge in [0.2, 0.25) is 21.8 Å². The van der Waals surface area contributed by atoms with Gasteiger partial charge in [-0.2, -0.15) is 0 Å². The molecule has 7 nitrogen and oxygen atoms in total. The highest BCUT2D eigenvalue weighted by atomic mass is 35.5. The van der Waals surface area contributed by atoms with Gasteiger partial charge < -0.3 is 10.2 Å². The molecule has 1 N–H and O–H groups in total. The van der Waals surface area contributed by atoms with E-state index >= 15 is 0 Å². The number of hydrogen-bond acceptors (Lipinski definition) is 4. The Kier molecular flexibility index (Phi) is 11.5. The first-order valence-corrected chi connectivity index (χ1v) is 14.6. The molecule has 36 heavy (non-hydrogen) atoms. The maximum atomic E-state index is 13.4. The molecule has 0 aliphatic heterocycles. The lowest BCUT2D eigenvalue weighted by atomic mass is 10.1. The summed E-state index contributed by atoms with van der Waals surface area (Å²) in [5, 5.41) is 3.50. The van der Waals surface area contributed by atoms with Crippen LogP contribution in [0.15, 0.2) is 42.5 Å². The fourth-order valence-corrected chi connectivity index (χ4v) is 5.36. The van der Waals surface area contributed by atoms with Crippen molar-refractivity contribution in [1.29, 1.82) is 0 Å². The second-order valence-corrected chi connectivity index (χ2v) is 11.5. The van der Waals surface area contributed by atoms with Crippen molar-refractivity contribution in [3.05, 3.63) is 63.6 Å². The van der Waals surface area contributed by atoms with E-state index in [0.29, 0.717) is 18.0 Å². The minimum Gasteiger partial charge on any atom is -0.354 e. The van der Waals surface area contributed by atoms with Crippen molar-refractivity contribution in [2.24, 2.45) is 0 Å². The number of anilines is 1. The molecule has 198 valence electrons. The molecule has 0 fully saturated rings. The first kappa shape index (κ1) is 29.9. The van der Waals surface area contributed by atoms with Crippen LogP contribution in [0, 0.1) is 6.92 Å². The topological polar surface area (TPSA) is 86.8 Å². The number of halogens is 2. The third-order valence-corrected chi connectivity index (χ3v) is 7.43. The van der Waals surface area contributed by atoms with E-state index in [-0.39, 0.29) is 48.5 Å². The summed E-state index contributed by atoms with van der Waals surface area (Å²) in [5.41, 5.74) is 2.25. The predicted octanol–water partition coefficient (Wildman–Crippen LogP) is 5.18. The summed E-state index contributed by atoms with van der Waals surface area (Å²) in [7, 11) is -3.67. The Morgan fingerprint density at radius 2 is 1.81 bits per heavy atom. The summed E-state index contributed by atoms with van der Waals surface area (Å²) in [6.45, 7) is 6.68. The minimum absolute atomic E-state index is 0.0434. The largest absolute Gasteiger partial charge is 0.354 e. The van der Waals surface area contributed by atoms with Crippen molar-refractivity contribution in [3.8, 4) is 0 Å². The van der Waals surface area contributed by atoms with Crippen molar-refractivity contribution in [2.45, 2.75) is 59.0 Å². The van der Waals surface area contributed by atoms with Gasteiger partial charge >= 0.3 is 0 Å². The molecular formula is C26H35Cl2N3O4S. The van der Waals surface area contributed by atoms with E-state index in [0.717, 1.165) is 28.1 Å². The average Bonchev–Trinajstić information content (AvgIpc) is 2.81. The van der Waals surface area contributed by atoms with Gasteiger partial charge in [-0.3, -0.25) is 13.9 Å². The van der Waals surface area contributed by atoms with Crippen LogP contribution in [0.5, 0.6) is 0 Å². The second-order valence-electron chi connectivity index (χ2n) is 8.76. The molecule has 2 rings (SSSR count). The van der Waals surface area contributed by atoms with Gasteiger partial charge in [0.15, 0.2) is 0 Å². The Morgan fingerprint density at radius 1 is 1.08 bits per heavy atom. The van der Waals surface area contributed by atoms with E-state index in [1.54, 1.807) is 11.0 Å². The van der Waals surface area contributed by atoms with Gasteiger partial charge in [0.1, 0.15) is 6.04 Å². The van der Waals surface area contributed by atoms with Crippen molar-refractivity contribution in [3.63, 3.8) is 0 Å². The molecule has 0 aliphatic rings. The highest BCUT2D eigenvalue weighted by molar-refractivity contribution is 7.92. The number of nitrogens with zero attached hydrogens (tertiary/aromatic N) is 2. The average molecular weight is 557 g/mol. The number of benzene rings is 2. The number of carbonyl (C=O) groups is 2. The van der Waals surface area contributed by atoms with Crippen molar-refractivity contribution < 1.29 is 18.0 Å². The summed E-state index contributed by atoms with van der Waals surface area (Å²) in [5.74, 6) is -0.413. The summed E-state index contributed by atoms with van der Waals surface area (Å²) in [4.78, 5) is 27.9. The smallest absolute Gasteiger partial charge is 0.242 e. The van der Waals surface area contributed by atoms with Crippen molar-refractivity contribution in [2.75, 3.05) is 23.7 Å². The van der Waals surface area contributed by atoms with E-state index in [9.17, 15) is 18.0 Å². The van der Waals surface area contributed by atoms with Crippen LogP contribution in [0.4, 0.5) is 5.69 Å². The third kappa shape index (κ3) is 8.68. The molecule has 0 saturated heterocycles. The molecule has 1 atom stereocenters. The Hall–Kier alpha value is -2.29. The lowest BCUT2D eigenvalue weighted by Crippen LogP contribution is -2.49. The van der Waals surface area contributed by atoms with Crippen LogP contribution >= 0.6 is 23.2 Å². The third-order valence-electron chi connectivity index (χ3n) is 5.70. The van der Waals surface area contributed by atoms with Gasteiger partial charge in [-0.1, -0.05) is 66.9 Å². The molecule has 2 aromatic carbocycles. The van der Waals surface area contributed by atoms with Crippen LogP contribution in [0.25, 0.3) is 0 Å². The predicted molar refractivity (Wildman–Crippen MR) is 147 cm³/mol. The molecule has 0 unspecified atom stereocenters. The lowest BCUT2D eigenvalue weighted by Gasteiger charge is -2.31. The van der Waals surface area contributed by atoms with E-state index in [4.69, 9.17) is 23.2 Å². The van der Waals surface area contributed by atoms with Gasteiger partial charge in [0.25, 0.3) is 0 Å². The Balaban J connectivity index is 2.24. The number of carbonyl (C=O) groups excluding carboxylic acids is 2. The number of sulfonamides is 1. The molecule has 2 aromatic rings. The van der Waals surface area contributed by atoms with Gasteiger partial charge in [0, 0.05) is 31.1 Å². The Morgan fingerprint density at radius 3 is 2.42 bits per heavy atom. The molecule has 0 heterocycles. The van der Waals surface area contributed by atoms with Crippen LogP contribution in [0.3, 0.4) is 0 Å². The lowest BCUT2D eigenvalue weighted by molar-refractivity contribution is -0.141. The molecular weight excluding hydrogens is 521 g/mol. The normalized spacial score (nSPS) is 12.2. The van der Waals surface area contributed by atoms with E-state index in [2.05, 4.69) is 5.32 Å². The molecule has 10 heteroatoms. The highest BCUT2D eigenvalue weighted by Gasteiger charge is 2.29. The molecule has 0 aromatic heterocycles. The van der Waals surface area contributed by atoms with Crippen LogP contribution in [0.1, 0.15) is 50.7 Å². The molecule has 0 radical (unpaired) electrons. The standard InChI is InChI=1S/C26H35Cl2N3O4S/c1-5-14-29-26(33)23(6-2)30(18-20-10-7-9-19(3)16-20)25(32)11-8-15-31(36(4,34)35)24-17-21(27)12-13-22(24)28/h7,9-10,12-13,16-17,23H,5-6,8,11,14-15,18H2,1-4H3,(H,29,33)/t23-/m0/s1. The van der Waals surface area contributed by atoms with Gasteiger partial charge in [-0.05, 0) is 49.9 Å². The first-order valence-electron chi connectivity index (χ1n) is 12.0. The first-order chi connectivity index (χ1) is 17.0. The SMILES string of the molecule is CCCNC(=O)[C@H](CC)N(Cc1cccc(C)c1)C(=O)CCCN(c1cc(Cl)ccc1Cl)S(C)(=O)=O. The number of hydrogen-bond donors (Lipinski definition) is 1. The summed E-state index contributed by atoms with van der Waals surface area (Å²) >= 11 is 12.3. The summed E-state index contributed by atoms with van der Waals surface area (Å²) in [6.07, 6.45) is 2.64. The molecule has 0 spiro atoms. The highest BCUT2D eigenvalue weighted by Crippen LogP contribution is 2.31. The van der Waals surface area contributed by atoms with Gasteiger partial charge in [0.05, 0.1) is 17.0 Å². The molecule has 0 bridgehead atoms. The summed E-state index contributed by atoms with van der Waals surface area (Å²) in [6, 6.07) is 11.8. The van der Waals surface area contributed by atoms with E-state index < -0.39 is 16.1 Å². The maximum absolute atomic E-state index is 13.4. The van der Waals surface area contributed by atoms with Crippen LogP contribution < -0.4 is 9.62 Å². The molecule has 2 amide bonds. The zero-order valence-electron chi connectivity index (χ0n) is 21.3. The Labute approximate surface area is 224 Å². The van der Waals surface area contributed by atoms with E-state index in [1.807, 2.05) is 45.0 Å². The Bertz CT molecular complexity index is 1160. The number of amides is 2. The molecule has 0 saturated carbocycles. The van der Waals surface area contributed by atoms with Gasteiger partial charge in [-0.15, -0.1) is 0 Å². The van der Waals surface area contributed by atoms with E-state index in [1.165, 1.54) is 12.1 Å². The minimum atomic E-state index is -3.67. The van der Waals surface area contributed by atoms with Crippen LogP contribution in [-0.4, -0.2) is 50.5 Å². The summed E-state index contributed by atoms with van der Waals surface area (Å²) < 4.78 is 26.2. The van der Waals surface area contributed by atoms with Crippen LogP contribution in [-0.2, 0) is 26.2 Å². The number of rotatable bonds is 13. The second kappa shape index (κ2) is 13.9.